The van der Waals surface area contributed by atoms with Crippen molar-refractivity contribution in [1.29, 1.82) is 0 Å². The molecule has 1 heterocycles. The van der Waals surface area contributed by atoms with Gasteiger partial charge in [-0.2, -0.15) is 0 Å². The maximum absolute atomic E-state index is 13.1. The number of amides is 4. The lowest BCUT2D eigenvalue weighted by atomic mass is 9.92. The summed E-state index contributed by atoms with van der Waals surface area (Å²) in [7, 11) is 0. The molecule has 1 saturated heterocycles. The molecule has 4 amide bonds. The number of benzene rings is 1. The average Bonchev–Trinajstić information content (AvgIpc) is 2.82. The fourth-order valence-electron chi connectivity index (χ4n) is 2.72. The summed E-state index contributed by atoms with van der Waals surface area (Å²) >= 11 is 0. The summed E-state index contributed by atoms with van der Waals surface area (Å²) in [6.45, 7) is 4.43. The van der Waals surface area contributed by atoms with Gasteiger partial charge in [-0.1, -0.05) is 19.9 Å². The lowest BCUT2D eigenvalue weighted by Gasteiger charge is -2.22. The van der Waals surface area contributed by atoms with Crippen molar-refractivity contribution in [1.82, 2.24) is 10.2 Å². The number of ether oxygens (including phenoxy) is 1. The second kappa shape index (κ2) is 8.81. The minimum Gasteiger partial charge on any atom is -0.454 e. The molecule has 1 aliphatic heterocycles. The molecule has 28 heavy (non-hydrogen) atoms. The lowest BCUT2D eigenvalue weighted by Crippen LogP contribution is -2.44. The second-order valence-electron chi connectivity index (χ2n) is 7.31. The monoisotopic (exact) mass is 393 g/mol. The minimum absolute atomic E-state index is 0.219. The highest BCUT2D eigenvalue weighted by atomic mass is 19.1. The average molecular weight is 393 g/mol. The molecule has 0 unspecified atom stereocenters. The second-order valence-corrected chi connectivity index (χ2v) is 7.31. The van der Waals surface area contributed by atoms with E-state index in [2.05, 4.69) is 10.6 Å². The quantitative estimate of drug-likeness (QED) is 0.520. The molecular weight excluding hydrogens is 369 g/mol. The number of carbonyl (C=O) groups is 4. The summed E-state index contributed by atoms with van der Waals surface area (Å²) in [6.07, 6.45) is 1.19. The van der Waals surface area contributed by atoms with Crippen LogP contribution in [0.25, 0.3) is 0 Å². The molecule has 1 aromatic rings. The van der Waals surface area contributed by atoms with Gasteiger partial charge in [-0.05, 0) is 43.9 Å². The SMILES string of the molecule is CC(C)CC[C@@]1(C)NC(=O)N(CC(=O)OCC(=O)Nc2cccc(F)c2)C1=O. The number of nitrogens with zero attached hydrogens (tertiary/aromatic N) is 1. The van der Waals surface area contributed by atoms with Gasteiger partial charge in [0.1, 0.15) is 17.9 Å². The molecule has 1 aromatic carbocycles. The molecule has 0 radical (unpaired) electrons. The largest absolute Gasteiger partial charge is 0.454 e. The van der Waals surface area contributed by atoms with Crippen LogP contribution in [0.2, 0.25) is 0 Å². The van der Waals surface area contributed by atoms with Gasteiger partial charge in [0.2, 0.25) is 0 Å². The minimum atomic E-state index is -1.06. The molecule has 152 valence electrons. The summed E-state index contributed by atoms with van der Waals surface area (Å²) in [6, 6.07) is 4.57. The van der Waals surface area contributed by atoms with Crippen molar-refractivity contribution >= 4 is 29.5 Å². The van der Waals surface area contributed by atoms with Crippen molar-refractivity contribution in [2.75, 3.05) is 18.5 Å². The zero-order chi connectivity index (χ0) is 20.9. The summed E-state index contributed by atoms with van der Waals surface area (Å²) in [4.78, 5) is 49.1. The molecule has 2 N–H and O–H groups in total. The lowest BCUT2D eigenvalue weighted by molar-refractivity contribution is -0.150. The van der Waals surface area contributed by atoms with Crippen LogP contribution in [0.1, 0.15) is 33.6 Å². The van der Waals surface area contributed by atoms with Crippen LogP contribution in [-0.4, -0.2) is 47.4 Å². The molecule has 0 saturated carbocycles. The Labute approximate surface area is 162 Å². The molecule has 9 heteroatoms. The Hall–Kier alpha value is -2.97. The van der Waals surface area contributed by atoms with Crippen LogP contribution in [-0.2, 0) is 19.1 Å². The van der Waals surface area contributed by atoms with Crippen molar-refractivity contribution in [2.45, 2.75) is 39.2 Å². The third-order valence-corrected chi connectivity index (χ3v) is 4.33. The standard InChI is InChI=1S/C19H24FN3O5/c1-12(2)7-8-19(3)17(26)23(18(27)22-19)10-16(25)28-11-15(24)21-14-6-4-5-13(20)9-14/h4-6,9,12H,7-8,10-11H2,1-3H3,(H,21,24)(H,22,27)/t19-/m1/s1. The zero-order valence-corrected chi connectivity index (χ0v) is 16.1. The van der Waals surface area contributed by atoms with Gasteiger partial charge < -0.3 is 15.4 Å². The Morgan fingerprint density at radius 2 is 2.04 bits per heavy atom. The molecule has 1 aliphatic rings. The van der Waals surface area contributed by atoms with Crippen molar-refractivity contribution in [3.63, 3.8) is 0 Å². The smallest absolute Gasteiger partial charge is 0.326 e. The Morgan fingerprint density at radius 3 is 2.68 bits per heavy atom. The third kappa shape index (κ3) is 5.51. The maximum Gasteiger partial charge on any atom is 0.326 e. The van der Waals surface area contributed by atoms with Crippen LogP contribution in [0.4, 0.5) is 14.9 Å². The predicted molar refractivity (Wildman–Crippen MR) is 98.7 cm³/mol. The van der Waals surface area contributed by atoms with Gasteiger partial charge in [-0.15, -0.1) is 0 Å². The van der Waals surface area contributed by atoms with E-state index >= 15 is 0 Å². The highest BCUT2D eigenvalue weighted by Gasteiger charge is 2.48. The van der Waals surface area contributed by atoms with Crippen LogP contribution in [0.3, 0.4) is 0 Å². The van der Waals surface area contributed by atoms with E-state index in [1.807, 2.05) is 13.8 Å². The Bertz CT molecular complexity index is 783. The van der Waals surface area contributed by atoms with Crippen molar-refractivity contribution in [2.24, 2.45) is 5.92 Å². The highest BCUT2D eigenvalue weighted by molar-refractivity contribution is 6.08. The number of imide groups is 1. The fraction of sp³-hybridized carbons (Fsp3) is 0.474. The number of hydrogen-bond acceptors (Lipinski definition) is 5. The van der Waals surface area contributed by atoms with E-state index in [1.165, 1.54) is 18.2 Å². The maximum atomic E-state index is 13.1. The Morgan fingerprint density at radius 1 is 1.32 bits per heavy atom. The molecule has 0 aliphatic carbocycles. The number of urea groups is 1. The number of nitrogens with one attached hydrogen (secondary N) is 2. The molecule has 1 atom stereocenters. The molecule has 0 aromatic heterocycles. The topological polar surface area (TPSA) is 105 Å². The van der Waals surface area contributed by atoms with Crippen LogP contribution in [0.15, 0.2) is 24.3 Å². The zero-order valence-electron chi connectivity index (χ0n) is 16.1. The van der Waals surface area contributed by atoms with Gasteiger partial charge in [0.05, 0.1) is 0 Å². The molecule has 0 spiro atoms. The van der Waals surface area contributed by atoms with E-state index in [0.29, 0.717) is 12.3 Å². The third-order valence-electron chi connectivity index (χ3n) is 4.33. The van der Waals surface area contributed by atoms with Gasteiger partial charge in [-0.25, -0.2) is 9.18 Å². The number of rotatable bonds is 8. The van der Waals surface area contributed by atoms with Gasteiger partial charge in [0, 0.05) is 5.69 Å². The summed E-state index contributed by atoms with van der Waals surface area (Å²) < 4.78 is 17.9. The van der Waals surface area contributed by atoms with E-state index in [4.69, 9.17) is 4.74 Å². The number of esters is 1. The van der Waals surface area contributed by atoms with Crippen LogP contribution >= 0.6 is 0 Å². The van der Waals surface area contributed by atoms with E-state index < -0.39 is 48.3 Å². The van der Waals surface area contributed by atoms with Gasteiger partial charge >= 0.3 is 12.0 Å². The predicted octanol–water partition coefficient (Wildman–Crippen LogP) is 2.05. The summed E-state index contributed by atoms with van der Waals surface area (Å²) in [5, 5.41) is 4.98. The normalized spacial score (nSPS) is 19.0. The van der Waals surface area contributed by atoms with Crippen molar-refractivity contribution in [3.8, 4) is 0 Å². The van der Waals surface area contributed by atoms with Gasteiger partial charge in [-0.3, -0.25) is 19.3 Å². The van der Waals surface area contributed by atoms with Crippen LogP contribution < -0.4 is 10.6 Å². The molecule has 1 fully saturated rings. The highest BCUT2D eigenvalue weighted by Crippen LogP contribution is 2.24. The summed E-state index contributed by atoms with van der Waals surface area (Å²) in [5.74, 6) is -2.23. The summed E-state index contributed by atoms with van der Waals surface area (Å²) in [5.41, 5.74) is -0.841. The first-order valence-corrected chi connectivity index (χ1v) is 8.96. The fourth-order valence-corrected chi connectivity index (χ4v) is 2.72. The van der Waals surface area contributed by atoms with Crippen LogP contribution in [0.5, 0.6) is 0 Å². The Kier molecular flexibility index (Phi) is 6.71. The van der Waals surface area contributed by atoms with E-state index in [0.717, 1.165) is 17.4 Å². The molecule has 0 bridgehead atoms. The molecular formula is C19H24FN3O5. The number of carbonyl (C=O) groups excluding carboxylic acids is 4. The van der Waals surface area contributed by atoms with Crippen molar-refractivity contribution in [3.05, 3.63) is 30.1 Å². The molecule has 2 rings (SSSR count). The van der Waals surface area contributed by atoms with Crippen molar-refractivity contribution < 1.29 is 28.3 Å². The number of anilines is 1. The Balaban J connectivity index is 1.84. The molecule has 8 nitrogen and oxygen atoms in total. The first-order chi connectivity index (χ1) is 13.1. The van der Waals surface area contributed by atoms with Gasteiger partial charge in [0.25, 0.3) is 11.8 Å². The van der Waals surface area contributed by atoms with Crippen LogP contribution in [0, 0.1) is 11.7 Å². The number of hydrogen-bond donors (Lipinski definition) is 2. The number of halogens is 1. The van der Waals surface area contributed by atoms with Gasteiger partial charge in [0.15, 0.2) is 6.61 Å². The first-order valence-electron chi connectivity index (χ1n) is 8.96. The first kappa shape index (κ1) is 21.3. The van der Waals surface area contributed by atoms with E-state index in [9.17, 15) is 23.6 Å². The van der Waals surface area contributed by atoms with E-state index in [1.54, 1.807) is 6.92 Å². The van der Waals surface area contributed by atoms with E-state index in [-0.39, 0.29) is 5.69 Å².